The summed E-state index contributed by atoms with van der Waals surface area (Å²) >= 11 is 0. The molecule has 0 radical (unpaired) electrons. The molecule has 0 spiro atoms. The van der Waals surface area contributed by atoms with Crippen LogP contribution in [0.2, 0.25) is 0 Å². The maximum atomic E-state index is 10.9. The number of benzene rings is 1. The largest absolute Gasteiger partial charge is 0.438 e. The molecule has 1 aromatic heterocycles. The first-order valence-corrected chi connectivity index (χ1v) is 6.26. The van der Waals surface area contributed by atoms with Gasteiger partial charge in [0.25, 0.3) is 0 Å². The molecule has 1 aromatic carbocycles. The van der Waals surface area contributed by atoms with Crippen molar-refractivity contribution in [2.75, 3.05) is 0 Å². The van der Waals surface area contributed by atoms with E-state index < -0.39 is 0 Å². The van der Waals surface area contributed by atoms with Crippen LogP contribution in [0.25, 0.3) is 11.3 Å². The molecule has 0 aliphatic heterocycles. The lowest BCUT2D eigenvalue weighted by Crippen LogP contribution is -1.87. The number of hydrogen-bond donors (Lipinski definition) is 0. The highest BCUT2D eigenvalue weighted by atomic mass is 16.4. The third kappa shape index (κ3) is 2.67. The van der Waals surface area contributed by atoms with E-state index >= 15 is 0 Å². The summed E-state index contributed by atoms with van der Waals surface area (Å²) in [6.07, 6.45) is 4.19. The number of rotatable bonds is 5. The highest BCUT2D eigenvalue weighted by Crippen LogP contribution is 2.23. The molecule has 0 unspecified atom stereocenters. The SMILES string of the molecule is CCCCc1ccc(-c2nc(C)oc2C=O)cc1. The van der Waals surface area contributed by atoms with Crippen LogP contribution in [0, 0.1) is 6.92 Å². The summed E-state index contributed by atoms with van der Waals surface area (Å²) in [7, 11) is 0. The van der Waals surface area contributed by atoms with E-state index in [0.717, 1.165) is 12.0 Å². The van der Waals surface area contributed by atoms with Gasteiger partial charge in [0.2, 0.25) is 0 Å². The molecule has 3 heteroatoms. The van der Waals surface area contributed by atoms with Crippen LogP contribution in [0.5, 0.6) is 0 Å². The monoisotopic (exact) mass is 243 g/mol. The molecule has 0 saturated heterocycles. The lowest BCUT2D eigenvalue weighted by atomic mass is 10.0. The number of aldehydes is 1. The van der Waals surface area contributed by atoms with Gasteiger partial charge in [0.1, 0.15) is 5.69 Å². The topological polar surface area (TPSA) is 43.1 Å². The standard InChI is InChI=1S/C15H17NO2/c1-3-4-5-12-6-8-13(9-7-12)15-14(10-17)18-11(2)16-15/h6-10H,3-5H2,1-2H3. The molecule has 0 amide bonds. The summed E-state index contributed by atoms with van der Waals surface area (Å²) in [6, 6.07) is 8.16. The first-order chi connectivity index (χ1) is 8.74. The third-order valence-electron chi connectivity index (χ3n) is 2.91. The number of oxazole rings is 1. The normalized spacial score (nSPS) is 10.6. The van der Waals surface area contributed by atoms with E-state index in [2.05, 4.69) is 24.0 Å². The first-order valence-electron chi connectivity index (χ1n) is 6.26. The predicted molar refractivity (Wildman–Crippen MR) is 70.7 cm³/mol. The second-order valence-corrected chi connectivity index (χ2v) is 4.36. The van der Waals surface area contributed by atoms with Gasteiger partial charge in [0.05, 0.1) is 0 Å². The van der Waals surface area contributed by atoms with Gasteiger partial charge in [0, 0.05) is 12.5 Å². The van der Waals surface area contributed by atoms with Crippen molar-refractivity contribution >= 4 is 6.29 Å². The molecule has 0 aliphatic carbocycles. The highest BCUT2D eigenvalue weighted by Gasteiger charge is 2.11. The summed E-state index contributed by atoms with van der Waals surface area (Å²) in [6.45, 7) is 3.93. The fraction of sp³-hybridized carbons (Fsp3) is 0.333. The first kappa shape index (κ1) is 12.6. The van der Waals surface area contributed by atoms with Crippen molar-refractivity contribution in [2.45, 2.75) is 33.1 Å². The maximum absolute atomic E-state index is 10.9. The highest BCUT2D eigenvalue weighted by molar-refractivity contribution is 5.82. The number of aromatic nitrogens is 1. The fourth-order valence-corrected chi connectivity index (χ4v) is 1.94. The van der Waals surface area contributed by atoms with E-state index in [1.54, 1.807) is 6.92 Å². The smallest absolute Gasteiger partial charge is 0.195 e. The van der Waals surface area contributed by atoms with Crippen LogP contribution in [0.1, 0.15) is 41.8 Å². The van der Waals surface area contributed by atoms with Gasteiger partial charge in [-0.25, -0.2) is 4.98 Å². The Bertz CT molecular complexity index is 526. The molecule has 0 bridgehead atoms. The Hall–Kier alpha value is -1.90. The molecule has 3 nitrogen and oxygen atoms in total. The minimum atomic E-state index is 0.300. The van der Waals surface area contributed by atoms with Crippen molar-refractivity contribution in [1.29, 1.82) is 0 Å². The lowest BCUT2D eigenvalue weighted by molar-refractivity contribution is 0.110. The zero-order valence-corrected chi connectivity index (χ0v) is 10.8. The van der Waals surface area contributed by atoms with Crippen LogP contribution in [0.15, 0.2) is 28.7 Å². The Morgan fingerprint density at radius 2 is 2.00 bits per heavy atom. The number of unbranched alkanes of at least 4 members (excludes halogenated alkanes) is 1. The zero-order chi connectivity index (χ0) is 13.0. The molecule has 0 fully saturated rings. The minimum Gasteiger partial charge on any atom is -0.438 e. The van der Waals surface area contributed by atoms with Crippen LogP contribution >= 0.6 is 0 Å². The summed E-state index contributed by atoms with van der Waals surface area (Å²) in [5.74, 6) is 0.816. The molecular weight excluding hydrogens is 226 g/mol. The molecule has 94 valence electrons. The summed E-state index contributed by atoms with van der Waals surface area (Å²) in [4.78, 5) is 15.1. The molecule has 2 aromatic rings. The van der Waals surface area contributed by atoms with Gasteiger partial charge >= 0.3 is 0 Å². The van der Waals surface area contributed by atoms with Crippen LogP contribution in [0.4, 0.5) is 0 Å². The van der Waals surface area contributed by atoms with E-state index in [1.807, 2.05) is 12.1 Å². The minimum absolute atomic E-state index is 0.300. The van der Waals surface area contributed by atoms with Crippen molar-refractivity contribution in [3.63, 3.8) is 0 Å². The number of carbonyl (C=O) groups is 1. The molecule has 0 saturated carbocycles. The van der Waals surface area contributed by atoms with Gasteiger partial charge in [-0.05, 0) is 18.4 Å². The van der Waals surface area contributed by atoms with Crippen molar-refractivity contribution in [1.82, 2.24) is 4.98 Å². The van der Waals surface area contributed by atoms with Gasteiger partial charge in [0.15, 0.2) is 17.9 Å². The number of hydrogen-bond acceptors (Lipinski definition) is 3. The van der Waals surface area contributed by atoms with E-state index in [-0.39, 0.29) is 0 Å². The Morgan fingerprint density at radius 3 is 2.61 bits per heavy atom. The van der Waals surface area contributed by atoms with E-state index in [1.165, 1.54) is 18.4 Å². The van der Waals surface area contributed by atoms with Crippen molar-refractivity contribution in [3.8, 4) is 11.3 Å². The van der Waals surface area contributed by atoms with Crippen LogP contribution < -0.4 is 0 Å². The maximum Gasteiger partial charge on any atom is 0.195 e. The molecule has 0 aliphatic rings. The van der Waals surface area contributed by atoms with Gasteiger partial charge in [-0.15, -0.1) is 0 Å². The van der Waals surface area contributed by atoms with Crippen molar-refractivity contribution in [2.24, 2.45) is 0 Å². The number of nitrogens with zero attached hydrogens (tertiary/aromatic N) is 1. The molecule has 2 rings (SSSR count). The average Bonchev–Trinajstić information content (AvgIpc) is 2.78. The van der Waals surface area contributed by atoms with Gasteiger partial charge < -0.3 is 4.42 Å². The Kier molecular flexibility index (Phi) is 3.92. The Morgan fingerprint density at radius 1 is 1.28 bits per heavy atom. The second kappa shape index (κ2) is 5.63. The average molecular weight is 243 g/mol. The number of carbonyl (C=O) groups excluding carboxylic acids is 1. The van der Waals surface area contributed by atoms with Crippen LogP contribution in [0.3, 0.4) is 0 Å². The quantitative estimate of drug-likeness (QED) is 0.750. The fourth-order valence-electron chi connectivity index (χ4n) is 1.94. The van der Waals surface area contributed by atoms with E-state index in [9.17, 15) is 4.79 Å². The number of aryl methyl sites for hydroxylation is 2. The predicted octanol–water partition coefficient (Wildman–Crippen LogP) is 3.81. The summed E-state index contributed by atoms with van der Waals surface area (Å²) in [5.41, 5.74) is 2.87. The molecule has 0 N–H and O–H groups in total. The second-order valence-electron chi connectivity index (χ2n) is 4.36. The summed E-state index contributed by atoms with van der Waals surface area (Å²) in [5, 5.41) is 0. The molecule has 1 heterocycles. The van der Waals surface area contributed by atoms with Crippen molar-refractivity contribution < 1.29 is 9.21 Å². The van der Waals surface area contributed by atoms with Crippen molar-refractivity contribution in [3.05, 3.63) is 41.5 Å². The Labute approximate surface area is 107 Å². The van der Waals surface area contributed by atoms with Gasteiger partial charge in [-0.1, -0.05) is 37.6 Å². The Balaban J connectivity index is 2.25. The molecule has 0 atom stereocenters. The summed E-state index contributed by atoms with van der Waals surface area (Å²) < 4.78 is 5.23. The van der Waals surface area contributed by atoms with E-state index in [0.29, 0.717) is 23.6 Å². The molecular formula is C15H17NO2. The zero-order valence-electron chi connectivity index (χ0n) is 10.8. The van der Waals surface area contributed by atoms with Crippen LogP contribution in [-0.4, -0.2) is 11.3 Å². The van der Waals surface area contributed by atoms with E-state index in [4.69, 9.17) is 4.42 Å². The molecule has 18 heavy (non-hydrogen) atoms. The van der Waals surface area contributed by atoms with Gasteiger partial charge in [-0.2, -0.15) is 0 Å². The lowest BCUT2D eigenvalue weighted by Gasteiger charge is -2.01. The van der Waals surface area contributed by atoms with Gasteiger partial charge in [-0.3, -0.25) is 4.79 Å². The van der Waals surface area contributed by atoms with Crippen LogP contribution in [-0.2, 0) is 6.42 Å². The third-order valence-corrected chi connectivity index (χ3v) is 2.91.